The second-order valence-corrected chi connectivity index (χ2v) is 3.52. The van der Waals surface area contributed by atoms with Crippen LogP contribution in [0.15, 0.2) is 18.3 Å². The fourth-order valence-electron chi connectivity index (χ4n) is 1.31. The number of nitrogens with two attached hydrogens (primary N) is 1. The highest BCUT2D eigenvalue weighted by Crippen LogP contribution is 2.01. The van der Waals surface area contributed by atoms with Crippen molar-refractivity contribution in [3.05, 3.63) is 29.6 Å². The first kappa shape index (κ1) is 14.1. The van der Waals surface area contributed by atoms with Crippen LogP contribution in [0.3, 0.4) is 0 Å². The molecule has 1 amide bonds. The van der Waals surface area contributed by atoms with E-state index in [0.29, 0.717) is 5.69 Å². The zero-order valence-electron chi connectivity index (χ0n) is 9.92. The second-order valence-electron chi connectivity index (χ2n) is 3.52. The Kier molecular flexibility index (Phi) is 5.22. The third kappa shape index (κ3) is 3.79. The Hall–Kier alpha value is -1.99. The Labute approximate surface area is 104 Å². The molecule has 1 aromatic rings. The SMILES string of the molecule is COC(CN)C(=O)NCc1cc(C(=O)O)ccn1. The number of methoxy groups -OCH3 is 1. The van der Waals surface area contributed by atoms with Crippen molar-refractivity contribution in [2.45, 2.75) is 12.6 Å². The number of carbonyl (C=O) groups excluding carboxylic acids is 1. The highest BCUT2D eigenvalue weighted by Gasteiger charge is 2.15. The minimum atomic E-state index is -1.04. The summed E-state index contributed by atoms with van der Waals surface area (Å²) in [6.07, 6.45) is 0.662. The highest BCUT2D eigenvalue weighted by atomic mass is 16.5. The number of carboxylic acids is 1. The Morgan fingerprint density at radius 1 is 1.61 bits per heavy atom. The van der Waals surface area contributed by atoms with E-state index in [1.165, 1.54) is 25.4 Å². The van der Waals surface area contributed by atoms with E-state index in [1.54, 1.807) is 0 Å². The number of nitrogens with one attached hydrogen (secondary N) is 1. The standard InChI is InChI=1S/C11H15N3O4/c1-18-9(5-12)10(15)14-6-8-4-7(11(16)17)2-3-13-8/h2-4,9H,5-6,12H2,1H3,(H,14,15)(H,16,17). The molecule has 0 bridgehead atoms. The first-order valence-corrected chi connectivity index (χ1v) is 5.27. The molecule has 0 aromatic carbocycles. The summed E-state index contributed by atoms with van der Waals surface area (Å²) in [6.45, 7) is 0.199. The van der Waals surface area contributed by atoms with Crippen molar-refractivity contribution in [3.8, 4) is 0 Å². The van der Waals surface area contributed by atoms with Gasteiger partial charge in [-0.3, -0.25) is 9.78 Å². The average Bonchev–Trinajstić information content (AvgIpc) is 2.38. The molecule has 0 aliphatic carbocycles. The van der Waals surface area contributed by atoms with Crippen LogP contribution in [-0.2, 0) is 16.1 Å². The first-order chi connectivity index (χ1) is 8.58. The Bertz CT molecular complexity index is 432. The third-order valence-electron chi connectivity index (χ3n) is 2.30. The Morgan fingerprint density at radius 2 is 2.33 bits per heavy atom. The quantitative estimate of drug-likeness (QED) is 0.622. The molecule has 1 atom stereocenters. The minimum absolute atomic E-state index is 0.0743. The number of hydrogen-bond acceptors (Lipinski definition) is 5. The van der Waals surface area contributed by atoms with E-state index in [-0.39, 0.29) is 24.6 Å². The maximum Gasteiger partial charge on any atom is 0.335 e. The van der Waals surface area contributed by atoms with Gasteiger partial charge in [0, 0.05) is 19.9 Å². The minimum Gasteiger partial charge on any atom is -0.478 e. The number of nitrogens with zero attached hydrogens (tertiary/aromatic N) is 1. The number of hydrogen-bond donors (Lipinski definition) is 3. The molecular weight excluding hydrogens is 238 g/mol. The number of carbonyl (C=O) groups is 2. The maximum atomic E-state index is 11.5. The molecule has 0 aliphatic rings. The molecule has 18 heavy (non-hydrogen) atoms. The lowest BCUT2D eigenvalue weighted by Crippen LogP contribution is -2.40. The normalized spacial score (nSPS) is 11.9. The molecule has 98 valence electrons. The number of rotatable bonds is 6. The van der Waals surface area contributed by atoms with Gasteiger partial charge in [0.25, 0.3) is 5.91 Å². The predicted molar refractivity (Wildman–Crippen MR) is 62.9 cm³/mol. The van der Waals surface area contributed by atoms with E-state index in [4.69, 9.17) is 15.6 Å². The number of ether oxygens (including phenoxy) is 1. The van der Waals surface area contributed by atoms with Crippen LogP contribution in [0.4, 0.5) is 0 Å². The van der Waals surface area contributed by atoms with Crippen LogP contribution < -0.4 is 11.1 Å². The molecule has 1 unspecified atom stereocenters. The van der Waals surface area contributed by atoms with Crippen molar-refractivity contribution in [3.63, 3.8) is 0 Å². The van der Waals surface area contributed by atoms with Crippen LogP contribution in [0.1, 0.15) is 16.1 Å². The van der Waals surface area contributed by atoms with Crippen LogP contribution in [0.25, 0.3) is 0 Å². The molecule has 7 nitrogen and oxygen atoms in total. The summed E-state index contributed by atoms with van der Waals surface area (Å²) in [7, 11) is 1.39. The molecule has 1 heterocycles. The molecular formula is C11H15N3O4. The Balaban J connectivity index is 2.61. The number of aromatic carboxylic acids is 1. The van der Waals surface area contributed by atoms with Crippen LogP contribution in [0, 0.1) is 0 Å². The lowest BCUT2D eigenvalue weighted by molar-refractivity contribution is -0.130. The molecule has 0 saturated carbocycles. The van der Waals surface area contributed by atoms with E-state index >= 15 is 0 Å². The molecule has 0 fully saturated rings. The first-order valence-electron chi connectivity index (χ1n) is 5.27. The zero-order valence-corrected chi connectivity index (χ0v) is 9.92. The molecule has 0 aliphatic heterocycles. The maximum absolute atomic E-state index is 11.5. The van der Waals surface area contributed by atoms with Crippen LogP contribution >= 0.6 is 0 Å². The smallest absolute Gasteiger partial charge is 0.335 e. The van der Waals surface area contributed by atoms with Gasteiger partial charge >= 0.3 is 5.97 Å². The van der Waals surface area contributed by atoms with Crippen LogP contribution in [-0.4, -0.2) is 41.7 Å². The fraction of sp³-hybridized carbons (Fsp3) is 0.364. The van der Waals surface area contributed by atoms with Crippen molar-refractivity contribution < 1.29 is 19.4 Å². The van der Waals surface area contributed by atoms with E-state index in [0.717, 1.165) is 0 Å². The van der Waals surface area contributed by atoms with Crippen molar-refractivity contribution in [2.24, 2.45) is 5.73 Å². The van der Waals surface area contributed by atoms with Crippen LogP contribution in [0.2, 0.25) is 0 Å². The van der Waals surface area contributed by atoms with Gasteiger partial charge < -0.3 is 20.9 Å². The van der Waals surface area contributed by atoms with E-state index in [9.17, 15) is 9.59 Å². The monoisotopic (exact) mass is 253 g/mol. The van der Waals surface area contributed by atoms with Crippen LogP contribution in [0.5, 0.6) is 0 Å². The zero-order chi connectivity index (χ0) is 13.5. The van der Waals surface area contributed by atoms with Crippen molar-refractivity contribution in [2.75, 3.05) is 13.7 Å². The van der Waals surface area contributed by atoms with Gasteiger partial charge in [-0.25, -0.2) is 4.79 Å². The molecule has 0 saturated heterocycles. The van der Waals surface area contributed by atoms with E-state index in [1.807, 2.05) is 0 Å². The highest BCUT2D eigenvalue weighted by molar-refractivity contribution is 5.87. The average molecular weight is 253 g/mol. The van der Waals surface area contributed by atoms with Gasteiger partial charge in [-0.05, 0) is 12.1 Å². The van der Waals surface area contributed by atoms with Gasteiger partial charge in [0.1, 0.15) is 6.10 Å². The van der Waals surface area contributed by atoms with Gasteiger partial charge in [-0.15, -0.1) is 0 Å². The summed E-state index contributed by atoms with van der Waals surface area (Å²) in [5.41, 5.74) is 5.91. The number of aromatic nitrogens is 1. The number of carboxylic acid groups (broad SMARTS) is 1. The summed E-state index contributed by atoms with van der Waals surface area (Å²) in [4.78, 5) is 26.2. The summed E-state index contributed by atoms with van der Waals surface area (Å²) >= 11 is 0. The van der Waals surface area contributed by atoms with Crippen molar-refractivity contribution in [1.82, 2.24) is 10.3 Å². The summed E-state index contributed by atoms with van der Waals surface area (Å²) < 4.78 is 4.86. The Morgan fingerprint density at radius 3 is 2.89 bits per heavy atom. The summed E-state index contributed by atoms with van der Waals surface area (Å²) in [6, 6.07) is 2.78. The summed E-state index contributed by atoms with van der Waals surface area (Å²) in [5.74, 6) is -1.40. The van der Waals surface area contributed by atoms with Crippen molar-refractivity contribution in [1.29, 1.82) is 0 Å². The second kappa shape index (κ2) is 6.67. The lowest BCUT2D eigenvalue weighted by atomic mass is 10.2. The molecule has 0 spiro atoms. The molecule has 4 N–H and O–H groups in total. The number of pyridine rings is 1. The molecule has 1 rings (SSSR count). The van der Waals surface area contributed by atoms with Gasteiger partial charge in [-0.2, -0.15) is 0 Å². The fourth-order valence-corrected chi connectivity index (χ4v) is 1.31. The topological polar surface area (TPSA) is 115 Å². The largest absolute Gasteiger partial charge is 0.478 e. The molecule has 0 radical (unpaired) electrons. The van der Waals surface area contributed by atoms with E-state index in [2.05, 4.69) is 10.3 Å². The predicted octanol–water partition coefficient (Wildman–Crippen LogP) is -0.630. The van der Waals surface area contributed by atoms with Gasteiger partial charge in [-0.1, -0.05) is 0 Å². The van der Waals surface area contributed by atoms with Gasteiger partial charge in [0.15, 0.2) is 0 Å². The molecule has 7 heteroatoms. The van der Waals surface area contributed by atoms with E-state index < -0.39 is 12.1 Å². The summed E-state index contributed by atoms with van der Waals surface area (Å²) in [5, 5.41) is 11.4. The molecule has 1 aromatic heterocycles. The third-order valence-corrected chi connectivity index (χ3v) is 2.30. The van der Waals surface area contributed by atoms with Gasteiger partial charge in [0.05, 0.1) is 17.8 Å². The van der Waals surface area contributed by atoms with Gasteiger partial charge in [0.2, 0.25) is 0 Å². The lowest BCUT2D eigenvalue weighted by Gasteiger charge is -2.12. The number of amides is 1. The van der Waals surface area contributed by atoms with Crippen molar-refractivity contribution >= 4 is 11.9 Å².